The molecule has 1 aromatic carbocycles. The number of benzene rings is 1. The zero-order valence-electron chi connectivity index (χ0n) is 12.3. The Kier molecular flexibility index (Phi) is 5.71. The van der Waals surface area contributed by atoms with E-state index >= 15 is 0 Å². The number of hydrogen-bond acceptors (Lipinski definition) is 2. The van der Waals surface area contributed by atoms with Crippen LogP contribution in [0.5, 0.6) is 5.75 Å². The van der Waals surface area contributed by atoms with Crippen molar-refractivity contribution in [1.29, 1.82) is 0 Å². The van der Waals surface area contributed by atoms with E-state index in [1.807, 2.05) is 12.1 Å². The van der Waals surface area contributed by atoms with E-state index in [1.165, 1.54) is 37.8 Å². The Bertz CT molecular complexity index is 352. The van der Waals surface area contributed by atoms with Crippen molar-refractivity contribution in [2.24, 2.45) is 11.8 Å². The maximum atomic E-state index is 5.17. The Balaban J connectivity index is 1.61. The van der Waals surface area contributed by atoms with Gasteiger partial charge in [0.2, 0.25) is 0 Å². The van der Waals surface area contributed by atoms with Crippen LogP contribution in [0.1, 0.15) is 38.2 Å². The molecular weight excluding hydrogens is 234 g/mol. The number of ether oxygens (including phenoxy) is 1. The fourth-order valence-electron chi connectivity index (χ4n) is 2.86. The summed E-state index contributed by atoms with van der Waals surface area (Å²) in [6.07, 6.45) is 6.77. The summed E-state index contributed by atoms with van der Waals surface area (Å²) in [5, 5.41) is 3.62. The molecule has 0 unspecified atom stereocenters. The summed E-state index contributed by atoms with van der Waals surface area (Å²) >= 11 is 0. The quantitative estimate of drug-likeness (QED) is 0.789. The Morgan fingerprint density at radius 2 is 1.79 bits per heavy atom. The summed E-state index contributed by atoms with van der Waals surface area (Å²) in [7, 11) is 1.71. The minimum absolute atomic E-state index is 0.909. The molecule has 0 spiro atoms. The molecule has 0 saturated heterocycles. The third kappa shape index (κ3) is 4.87. The van der Waals surface area contributed by atoms with Crippen LogP contribution in [-0.2, 0) is 6.42 Å². The van der Waals surface area contributed by atoms with Gasteiger partial charge in [0, 0.05) is 0 Å². The van der Waals surface area contributed by atoms with Crippen LogP contribution in [0.3, 0.4) is 0 Å². The third-order valence-electron chi connectivity index (χ3n) is 4.32. The predicted octanol–water partition coefficient (Wildman–Crippen LogP) is 3.65. The highest BCUT2D eigenvalue weighted by molar-refractivity contribution is 5.27. The molecule has 1 fully saturated rings. The van der Waals surface area contributed by atoms with Gasteiger partial charge < -0.3 is 10.1 Å². The first kappa shape index (κ1) is 14.4. The molecule has 2 rings (SSSR count). The summed E-state index contributed by atoms with van der Waals surface area (Å²) in [6.45, 7) is 4.66. The maximum Gasteiger partial charge on any atom is 0.118 e. The van der Waals surface area contributed by atoms with Gasteiger partial charge in [0.1, 0.15) is 5.75 Å². The SMILES string of the molecule is COc1ccc(CCNCC2CCC(C)CC2)cc1. The highest BCUT2D eigenvalue weighted by atomic mass is 16.5. The van der Waals surface area contributed by atoms with Crippen molar-refractivity contribution in [1.82, 2.24) is 5.32 Å². The molecule has 1 aliphatic rings. The second kappa shape index (κ2) is 7.54. The molecule has 0 bridgehead atoms. The maximum absolute atomic E-state index is 5.17. The Morgan fingerprint density at radius 3 is 2.42 bits per heavy atom. The molecule has 0 atom stereocenters. The summed E-state index contributed by atoms with van der Waals surface area (Å²) in [6, 6.07) is 8.39. The van der Waals surface area contributed by atoms with Gasteiger partial charge in [0.15, 0.2) is 0 Å². The topological polar surface area (TPSA) is 21.3 Å². The highest BCUT2D eigenvalue weighted by Crippen LogP contribution is 2.27. The van der Waals surface area contributed by atoms with Crippen molar-refractivity contribution in [2.75, 3.05) is 20.2 Å². The summed E-state index contributed by atoms with van der Waals surface area (Å²) in [5.41, 5.74) is 1.38. The molecule has 0 heterocycles. The van der Waals surface area contributed by atoms with Gasteiger partial charge in [-0.2, -0.15) is 0 Å². The lowest BCUT2D eigenvalue weighted by atomic mass is 9.83. The summed E-state index contributed by atoms with van der Waals surface area (Å²) in [4.78, 5) is 0. The number of hydrogen-bond donors (Lipinski definition) is 1. The Morgan fingerprint density at radius 1 is 1.11 bits per heavy atom. The lowest BCUT2D eigenvalue weighted by molar-refractivity contribution is 0.282. The lowest BCUT2D eigenvalue weighted by Crippen LogP contribution is -2.27. The monoisotopic (exact) mass is 261 g/mol. The molecule has 19 heavy (non-hydrogen) atoms. The smallest absolute Gasteiger partial charge is 0.118 e. The lowest BCUT2D eigenvalue weighted by Gasteiger charge is -2.26. The van der Waals surface area contributed by atoms with Crippen LogP contribution in [0.25, 0.3) is 0 Å². The van der Waals surface area contributed by atoms with Crippen molar-refractivity contribution in [3.63, 3.8) is 0 Å². The average Bonchev–Trinajstić information content (AvgIpc) is 2.46. The van der Waals surface area contributed by atoms with Crippen LogP contribution >= 0.6 is 0 Å². The molecular formula is C17H27NO. The first-order chi connectivity index (χ1) is 9.28. The van der Waals surface area contributed by atoms with Gasteiger partial charge in [0.05, 0.1) is 7.11 Å². The van der Waals surface area contributed by atoms with Crippen LogP contribution in [-0.4, -0.2) is 20.2 Å². The largest absolute Gasteiger partial charge is 0.497 e. The van der Waals surface area contributed by atoms with Gasteiger partial charge in [-0.05, 0) is 61.9 Å². The van der Waals surface area contributed by atoms with Crippen molar-refractivity contribution < 1.29 is 4.74 Å². The van der Waals surface area contributed by atoms with E-state index in [9.17, 15) is 0 Å². The van der Waals surface area contributed by atoms with Gasteiger partial charge in [-0.25, -0.2) is 0 Å². The molecule has 1 N–H and O–H groups in total. The molecule has 1 saturated carbocycles. The van der Waals surface area contributed by atoms with Gasteiger partial charge in [-0.3, -0.25) is 0 Å². The molecule has 0 aromatic heterocycles. The summed E-state index contributed by atoms with van der Waals surface area (Å²) in [5.74, 6) is 2.80. The van der Waals surface area contributed by atoms with Crippen LogP contribution in [0.2, 0.25) is 0 Å². The van der Waals surface area contributed by atoms with E-state index in [0.717, 1.165) is 30.6 Å². The number of nitrogens with one attached hydrogen (secondary N) is 1. The standard InChI is InChI=1S/C17H27NO/c1-14-3-5-16(6-4-14)13-18-12-11-15-7-9-17(19-2)10-8-15/h7-10,14,16,18H,3-6,11-13H2,1-2H3. The van der Waals surface area contributed by atoms with E-state index in [2.05, 4.69) is 24.4 Å². The van der Waals surface area contributed by atoms with Crippen molar-refractivity contribution in [2.45, 2.75) is 39.0 Å². The average molecular weight is 261 g/mol. The third-order valence-corrected chi connectivity index (χ3v) is 4.32. The minimum Gasteiger partial charge on any atom is -0.497 e. The fraction of sp³-hybridized carbons (Fsp3) is 0.647. The molecule has 1 aromatic rings. The molecule has 2 heteroatoms. The van der Waals surface area contributed by atoms with E-state index in [4.69, 9.17) is 4.74 Å². The second-order valence-corrected chi connectivity index (χ2v) is 5.93. The Labute approximate surface area is 117 Å². The number of methoxy groups -OCH3 is 1. The predicted molar refractivity (Wildman–Crippen MR) is 80.7 cm³/mol. The zero-order chi connectivity index (χ0) is 13.5. The van der Waals surface area contributed by atoms with Crippen molar-refractivity contribution in [3.8, 4) is 5.75 Å². The molecule has 0 amide bonds. The molecule has 2 nitrogen and oxygen atoms in total. The van der Waals surface area contributed by atoms with Gasteiger partial charge >= 0.3 is 0 Å². The van der Waals surface area contributed by atoms with Crippen molar-refractivity contribution >= 4 is 0 Å². The van der Waals surface area contributed by atoms with Crippen LogP contribution in [0.15, 0.2) is 24.3 Å². The molecule has 0 aliphatic heterocycles. The van der Waals surface area contributed by atoms with Gasteiger partial charge in [0.25, 0.3) is 0 Å². The van der Waals surface area contributed by atoms with E-state index in [-0.39, 0.29) is 0 Å². The molecule has 106 valence electrons. The number of rotatable bonds is 6. The first-order valence-corrected chi connectivity index (χ1v) is 7.61. The van der Waals surface area contributed by atoms with E-state index < -0.39 is 0 Å². The van der Waals surface area contributed by atoms with Crippen LogP contribution in [0, 0.1) is 11.8 Å². The Hall–Kier alpha value is -1.02. The van der Waals surface area contributed by atoms with Gasteiger partial charge in [-0.1, -0.05) is 31.9 Å². The molecule has 0 radical (unpaired) electrons. The van der Waals surface area contributed by atoms with E-state index in [1.54, 1.807) is 7.11 Å². The highest BCUT2D eigenvalue weighted by Gasteiger charge is 2.17. The summed E-state index contributed by atoms with van der Waals surface area (Å²) < 4.78 is 5.17. The normalized spacial score (nSPS) is 23.3. The van der Waals surface area contributed by atoms with E-state index in [0.29, 0.717) is 0 Å². The molecule has 1 aliphatic carbocycles. The van der Waals surface area contributed by atoms with Crippen LogP contribution in [0.4, 0.5) is 0 Å². The first-order valence-electron chi connectivity index (χ1n) is 7.61. The minimum atomic E-state index is 0.909. The van der Waals surface area contributed by atoms with Crippen LogP contribution < -0.4 is 10.1 Å². The fourth-order valence-corrected chi connectivity index (χ4v) is 2.86. The van der Waals surface area contributed by atoms with Crippen molar-refractivity contribution in [3.05, 3.63) is 29.8 Å². The van der Waals surface area contributed by atoms with Gasteiger partial charge in [-0.15, -0.1) is 0 Å². The second-order valence-electron chi connectivity index (χ2n) is 5.93. The zero-order valence-corrected chi connectivity index (χ0v) is 12.3.